The number of para-hydroxylation sites is 1. The third-order valence-electron chi connectivity index (χ3n) is 3.92. The molecule has 0 aliphatic rings. The van der Waals surface area contributed by atoms with Crippen molar-refractivity contribution in [1.82, 2.24) is 9.88 Å². The summed E-state index contributed by atoms with van der Waals surface area (Å²) in [6.45, 7) is 3.49. The predicted molar refractivity (Wildman–Crippen MR) is 90.8 cm³/mol. The van der Waals surface area contributed by atoms with Crippen LogP contribution in [0.25, 0.3) is 10.9 Å². The highest BCUT2D eigenvalue weighted by Crippen LogP contribution is 2.23. The molecule has 3 rings (SSSR count). The summed E-state index contributed by atoms with van der Waals surface area (Å²) in [5, 5.41) is 13.8. The first-order valence-corrected chi connectivity index (χ1v) is 7.84. The topological polar surface area (TPSA) is 37.2 Å². The maximum absolute atomic E-state index is 13.9. The van der Waals surface area contributed by atoms with Gasteiger partial charge in [0, 0.05) is 35.8 Å². The van der Waals surface area contributed by atoms with Crippen LogP contribution in [0.5, 0.6) is 0 Å². The Kier molecular flexibility index (Phi) is 4.74. The number of fused-ring (bicyclic) bond motifs is 1. The van der Waals surface area contributed by atoms with Crippen molar-refractivity contribution in [2.75, 3.05) is 6.54 Å². The Labute approximate surface area is 135 Å². The summed E-state index contributed by atoms with van der Waals surface area (Å²) in [5.74, 6) is -0.181. The minimum atomic E-state index is -0.373. The van der Waals surface area contributed by atoms with Crippen molar-refractivity contribution in [2.24, 2.45) is 0 Å². The lowest BCUT2D eigenvalue weighted by molar-refractivity contribution is 0.191. The normalized spacial score (nSPS) is 12.7. The Morgan fingerprint density at radius 2 is 1.83 bits per heavy atom. The smallest absolute Gasteiger partial charge is 0.128 e. The molecule has 23 heavy (non-hydrogen) atoms. The fraction of sp³-hybridized carbons (Fsp3) is 0.263. The monoisotopic (exact) mass is 312 g/mol. The molecule has 0 saturated carbocycles. The van der Waals surface area contributed by atoms with Gasteiger partial charge in [-0.2, -0.15) is 0 Å². The molecule has 1 atom stereocenters. The molecular weight excluding hydrogens is 291 g/mol. The highest BCUT2D eigenvalue weighted by atomic mass is 19.1. The molecule has 3 aromatic rings. The Hall–Kier alpha value is -2.17. The molecule has 0 spiro atoms. The highest BCUT2D eigenvalue weighted by Gasteiger charge is 2.10. The maximum Gasteiger partial charge on any atom is 0.128 e. The van der Waals surface area contributed by atoms with Crippen LogP contribution in [0.15, 0.2) is 54.7 Å². The Bertz CT molecular complexity index is 795. The first-order chi connectivity index (χ1) is 11.1. The van der Waals surface area contributed by atoms with Crippen molar-refractivity contribution in [2.45, 2.75) is 26.1 Å². The van der Waals surface area contributed by atoms with E-state index in [-0.39, 0.29) is 11.9 Å². The van der Waals surface area contributed by atoms with Crippen LogP contribution in [0, 0.1) is 5.82 Å². The summed E-state index contributed by atoms with van der Waals surface area (Å²) < 4.78 is 16.0. The van der Waals surface area contributed by atoms with E-state index in [0.29, 0.717) is 25.2 Å². The van der Waals surface area contributed by atoms with Crippen LogP contribution in [0.3, 0.4) is 0 Å². The number of halogens is 1. The molecule has 0 bridgehead atoms. The average Bonchev–Trinajstić information content (AvgIpc) is 2.88. The van der Waals surface area contributed by atoms with E-state index in [2.05, 4.69) is 22.1 Å². The first kappa shape index (κ1) is 15.7. The molecule has 0 amide bonds. The molecule has 0 fully saturated rings. The van der Waals surface area contributed by atoms with Crippen molar-refractivity contribution >= 4 is 10.9 Å². The van der Waals surface area contributed by atoms with Gasteiger partial charge in [0.05, 0.1) is 12.6 Å². The zero-order chi connectivity index (χ0) is 16.2. The lowest BCUT2D eigenvalue weighted by Gasteiger charge is -2.06. The van der Waals surface area contributed by atoms with Crippen molar-refractivity contribution in [3.63, 3.8) is 0 Å². The highest BCUT2D eigenvalue weighted by molar-refractivity contribution is 5.84. The number of hydrogen-bond donors (Lipinski definition) is 2. The van der Waals surface area contributed by atoms with Crippen LogP contribution >= 0.6 is 0 Å². The Morgan fingerprint density at radius 3 is 2.61 bits per heavy atom. The number of nitrogens with one attached hydrogen (secondary N) is 1. The van der Waals surface area contributed by atoms with E-state index in [1.807, 2.05) is 30.3 Å². The van der Waals surface area contributed by atoms with Crippen LogP contribution in [-0.2, 0) is 13.1 Å². The van der Waals surface area contributed by atoms with Gasteiger partial charge in [0.25, 0.3) is 0 Å². The lowest BCUT2D eigenvalue weighted by Crippen LogP contribution is -2.23. The quantitative estimate of drug-likeness (QED) is 0.733. The van der Waals surface area contributed by atoms with Crippen LogP contribution in [-0.4, -0.2) is 22.3 Å². The summed E-state index contributed by atoms with van der Waals surface area (Å²) in [4.78, 5) is 0. The van der Waals surface area contributed by atoms with Crippen LogP contribution in [0.1, 0.15) is 18.1 Å². The SMILES string of the molecule is C[C@H](O)CNCc1cn(Cc2ccccc2F)c2ccccc12. The van der Waals surface area contributed by atoms with E-state index >= 15 is 0 Å². The van der Waals surface area contributed by atoms with E-state index < -0.39 is 0 Å². The van der Waals surface area contributed by atoms with E-state index in [4.69, 9.17) is 0 Å². The standard InChI is InChI=1S/C19H21FN2O/c1-14(23)10-21-11-16-13-22(19-9-5-3-7-17(16)19)12-15-6-2-4-8-18(15)20/h2-9,13-14,21,23H,10-12H2,1H3/t14-/m0/s1. The van der Waals surface area contributed by atoms with Gasteiger partial charge in [0.2, 0.25) is 0 Å². The fourth-order valence-corrected chi connectivity index (χ4v) is 2.82. The molecule has 0 aliphatic carbocycles. The van der Waals surface area contributed by atoms with Gasteiger partial charge in [-0.25, -0.2) is 4.39 Å². The third-order valence-corrected chi connectivity index (χ3v) is 3.92. The average molecular weight is 312 g/mol. The summed E-state index contributed by atoms with van der Waals surface area (Å²) in [6.07, 6.45) is 1.69. The zero-order valence-electron chi connectivity index (χ0n) is 13.2. The van der Waals surface area contributed by atoms with E-state index in [1.165, 1.54) is 6.07 Å². The minimum Gasteiger partial charge on any atom is -0.392 e. The lowest BCUT2D eigenvalue weighted by atomic mass is 10.2. The molecule has 3 nitrogen and oxygen atoms in total. The van der Waals surface area contributed by atoms with Gasteiger partial charge in [0.1, 0.15) is 5.82 Å². The van der Waals surface area contributed by atoms with Gasteiger partial charge in [-0.3, -0.25) is 0 Å². The molecule has 0 saturated heterocycles. The molecule has 0 unspecified atom stereocenters. The summed E-state index contributed by atoms with van der Waals surface area (Å²) in [7, 11) is 0. The molecule has 1 heterocycles. The van der Waals surface area contributed by atoms with Gasteiger partial charge >= 0.3 is 0 Å². The predicted octanol–water partition coefficient (Wildman–Crippen LogP) is 3.30. The molecule has 4 heteroatoms. The summed E-state index contributed by atoms with van der Waals surface area (Å²) in [5.41, 5.74) is 2.92. The van der Waals surface area contributed by atoms with Gasteiger partial charge in [-0.05, 0) is 24.6 Å². The van der Waals surface area contributed by atoms with Gasteiger partial charge in [-0.15, -0.1) is 0 Å². The molecule has 0 aliphatic heterocycles. The number of benzene rings is 2. The van der Waals surface area contributed by atoms with Gasteiger partial charge in [-0.1, -0.05) is 36.4 Å². The molecule has 2 N–H and O–H groups in total. The number of rotatable bonds is 6. The summed E-state index contributed by atoms with van der Waals surface area (Å²) in [6, 6.07) is 15.0. The maximum atomic E-state index is 13.9. The number of aliphatic hydroxyl groups is 1. The van der Waals surface area contributed by atoms with Gasteiger partial charge < -0.3 is 15.0 Å². The molecule has 2 aromatic carbocycles. The number of aliphatic hydroxyl groups excluding tert-OH is 1. The van der Waals surface area contributed by atoms with E-state index in [9.17, 15) is 9.50 Å². The van der Waals surface area contributed by atoms with Crippen LogP contribution < -0.4 is 5.32 Å². The number of nitrogens with zero attached hydrogens (tertiary/aromatic N) is 1. The molecule has 0 radical (unpaired) electrons. The van der Waals surface area contributed by atoms with Gasteiger partial charge in [0.15, 0.2) is 0 Å². The van der Waals surface area contributed by atoms with E-state index in [0.717, 1.165) is 16.5 Å². The molecular formula is C19H21FN2O. The first-order valence-electron chi connectivity index (χ1n) is 7.84. The van der Waals surface area contributed by atoms with Crippen molar-refractivity contribution in [3.05, 3.63) is 71.7 Å². The van der Waals surface area contributed by atoms with Crippen molar-refractivity contribution in [1.29, 1.82) is 0 Å². The fourth-order valence-electron chi connectivity index (χ4n) is 2.82. The van der Waals surface area contributed by atoms with Crippen LogP contribution in [0.2, 0.25) is 0 Å². The second-order valence-electron chi connectivity index (χ2n) is 5.87. The van der Waals surface area contributed by atoms with E-state index in [1.54, 1.807) is 13.0 Å². The zero-order valence-corrected chi connectivity index (χ0v) is 13.2. The number of hydrogen-bond acceptors (Lipinski definition) is 2. The van der Waals surface area contributed by atoms with Crippen molar-refractivity contribution < 1.29 is 9.50 Å². The second kappa shape index (κ2) is 6.94. The minimum absolute atomic E-state index is 0.181. The molecule has 1 aromatic heterocycles. The largest absolute Gasteiger partial charge is 0.392 e. The Balaban J connectivity index is 1.90. The third kappa shape index (κ3) is 3.60. The molecule has 120 valence electrons. The van der Waals surface area contributed by atoms with Crippen LogP contribution in [0.4, 0.5) is 4.39 Å². The Morgan fingerprint density at radius 1 is 1.09 bits per heavy atom. The number of aromatic nitrogens is 1. The summed E-state index contributed by atoms with van der Waals surface area (Å²) >= 11 is 0. The van der Waals surface area contributed by atoms with Crippen molar-refractivity contribution in [3.8, 4) is 0 Å². The second-order valence-corrected chi connectivity index (χ2v) is 5.87.